The van der Waals surface area contributed by atoms with Crippen molar-refractivity contribution in [1.82, 2.24) is 20.2 Å². The van der Waals surface area contributed by atoms with Crippen LogP contribution in [0.4, 0.5) is 0 Å². The molecule has 2 N–H and O–H groups in total. The molecule has 3 aromatic rings. The van der Waals surface area contributed by atoms with Crippen LogP contribution in [-0.4, -0.2) is 22.1 Å². The highest BCUT2D eigenvalue weighted by Crippen LogP contribution is 2.09. The summed E-state index contributed by atoms with van der Waals surface area (Å²) in [5.41, 5.74) is 4.98. The van der Waals surface area contributed by atoms with Crippen molar-refractivity contribution in [2.45, 2.75) is 40.4 Å². The molecule has 29 heavy (non-hydrogen) atoms. The molecule has 6 heteroatoms. The summed E-state index contributed by atoms with van der Waals surface area (Å²) in [6, 6.07) is 17.1. The van der Waals surface area contributed by atoms with E-state index < -0.39 is 0 Å². The molecule has 1 aromatic heterocycles. The molecule has 0 radical (unpaired) electrons. The number of guanidine groups is 1. The van der Waals surface area contributed by atoms with E-state index in [1.807, 2.05) is 19.3 Å². The van der Waals surface area contributed by atoms with Crippen molar-refractivity contribution in [2.75, 3.05) is 6.54 Å². The predicted octanol–water partition coefficient (Wildman–Crippen LogP) is 4.42. The van der Waals surface area contributed by atoms with Crippen LogP contribution < -0.4 is 10.6 Å². The van der Waals surface area contributed by atoms with E-state index in [1.54, 1.807) is 0 Å². The highest BCUT2D eigenvalue weighted by atomic mass is 127. The van der Waals surface area contributed by atoms with Gasteiger partial charge in [0.15, 0.2) is 5.96 Å². The number of rotatable bonds is 7. The van der Waals surface area contributed by atoms with Gasteiger partial charge in [-0.15, -0.1) is 24.0 Å². The quantitative estimate of drug-likeness (QED) is 0.285. The first-order valence-electron chi connectivity index (χ1n) is 9.77. The van der Waals surface area contributed by atoms with Crippen LogP contribution in [0.3, 0.4) is 0 Å². The fourth-order valence-corrected chi connectivity index (χ4v) is 3.11. The molecule has 154 valence electrons. The SMILES string of the molecule is CCNC(=NCc1cccc(C)c1)NCc1cccc(Cn2ccnc2C)c1.I. The Hall–Kier alpha value is -2.35. The van der Waals surface area contributed by atoms with E-state index in [1.165, 1.54) is 22.3 Å². The summed E-state index contributed by atoms with van der Waals surface area (Å²) in [4.78, 5) is 9.01. The van der Waals surface area contributed by atoms with Crippen molar-refractivity contribution >= 4 is 29.9 Å². The van der Waals surface area contributed by atoms with Crippen LogP contribution >= 0.6 is 24.0 Å². The van der Waals surface area contributed by atoms with Gasteiger partial charge < -0.3 is 15.2 Å². The van der Waals surface area contributed by atoms with Crippen LogP contribution in [0.2, 0.25) is 0 Å². The van der Waals surface area contributed by atoms with Gasteiger partial charge >= 0.3 is 0 Å². The standard InChI is InChI=1S/C23H29N5.HI/c1-4-24-23(26-15-20-8-5-7-18(2)13-20)27-16-21-9-6-10-22(14-21)17-28-12-11-25-19(28)3;/h5-14H,4,15-17H2,1-3H3,(H2,24,26,27);1H. The molecule has 0 fully saturated rings. The molecular weight excluding hydrogens is 473 g/mol. The maximum Gasteiger partial charge on any atom is 0.191 e. The highest BCUT2D eigenvalue weighted by Gasteiger charge is 2.02. The van der Waals surface area contributed by atoms with E-state index in [0.717, 1.165) is 31.4 Å². The second kappa shape index (κ2) is 11.6. The fraction of sp³-hybridized carbons (Fsp3) is 0.304. The Balaban J connectivity index is 0.00000300. The number of aryl methyl sites for hydroxylation is 2. The van der Waals surface area contributed by atoms with Crippen molar-refractivity contribution < 1.29 is 0 Å². The lowest BCUT2D eigenvalue weighted by atomic mass is 10.1. The van der Waals surface area contributed by atoms with Crippen LogP contribution in [0.25, 0.3) is 0 Å². The van der Waals surface area contributed by atoms with Crippen molar-refractivity contribution in [2.24, 2.45) is 4.99 Å². The molecular formula is C23H30IN5. The monoisotopic (exact) mass is 503 g/mol. The first kappa shape index (κ1) is 22.9. The maximum atomic E-state index is 4.72. The normalized spacial score (nSPS) is 11.1. The third kappa shape index (κ3) is 7.20. The van der Waals surface area contributed by atoms with Crippen LogP contribution in [0.1, 0.15) is 35.0 Å². The van der Waals surface area contributed by atoms with Crippen LogP contribution in [0, 0.1) is 13.8 Å². The molecule has 0 bridgehead atoms. The highest BCUT2D eigenvalue weighted by molar-refractivity contribution is 14.0. The molecule has 0 saturated heterocycles. The third-order valence-corrected chi connectivity index (χ3v) is 4.57. The molecule has 0 amide bonds. The largest absolute Gasteiger partial charge is 0.357 e. The van der Waals surface area contributed by atoms with Gasteiger partial charge in [0.2, 0.25) is 0 Å². The van der Waals surface area contributed by atoms with E-state index in [4.69, 9.17) is 4.99 Å². The Bertz CT molecular complexity index is 932. The first-order chi connectivity index (χ1) is 13.6. The molecule has 0 unspecified atom stereocenters. The molecule has 2 aromatic carbocycles. The number of aliphatic imine (C=N–C) groups is 1. The van der Waals surface area contributed by atoms with Gasteiger partial charge in [-0.25, -0.2) is 9.98 Å². The molecule has 0 spiro atoms. The number of hydrogen-bond acceptors (Lipinski definition) is 2. The molecule has 0 aliphatic heterocycles. The molecule has 5 nitrogen and oxygen atoms in total. The summed E-state index contributed by atoms with van der Waals surface area (Å²) in [6.07, 6.45) is 3.86. The first-order valence-corrected chi connectivity index (χ1v) is 9.77. The summed E-state index contributed by atoms with van der Waals surface area (Å²) < 4.78 is 2.15. The van der Waals surface area contributed by atoms with E-state index in [0.29, 0.717) is 6.54 Å². The van der Waals surface area contributed by atoms with Crippen LogP contribution in [-0.2, 0) is 19.6 Å². The summed E-state index contributed by atoms with van der Waals surface area (Å²) in [7, 11) is 0. The van der Waals surface area contributed by atoms with Crippen LogP contribution in [0.5, 0.6) is 0 Å². The van der Waals surface area contributed by atoms with E-state index in [9.17, 15) is 0 Å². The second-order valence-electron chi connectivity index (χ2n) is 6.96. The minimum absolute atomic E-state index is 0. The number of imidazole rings is 1. The Morgan fingerprint density at radius 3 is 2.48 bits per heavy atom. The van der Waals surface area contributed by atoms with Crippen molar-refractivity contribution in [3.8, 4) is 0 Å². The average Bonchev–Trinajstić information content (AvgIpc) is 3.09. The van der Waals surface area contributed by atoms with Gasteiger partial charge in [-0.1, -0.05) is 54.1 Å². The van der Waals surface area contributed by atoms with Crippen LogP contribution in [0.15, 0.2) is 65.9 Å². The molecule has 0 saturated carbocycles. The van der Waals surface area contributed by atoms with Gasteiger partial charge in [0, 0.05) is 32.0 Å². The van der Waals surface area contributed by atoms with Gasteiger partial charge in [-0.2, -0.15) is 0 Å². The second-order valence-corrected chi connectivity index (χ2v) is 6.96. The Kier molecular flexibility index (Phi) is 9.18. The minimum Gasteiger partial charge on any atom is -0.357 e. The number of hydrogen-bond donors (Lipinski definition) is 2. The lowest BCUT2D eigenvalue weighted by molar-refractivity contribution is 0.758. The average molecular weight is 503 g/mol. The molecule has 0 atom stereocenters. The molecule has 0 aliphatic carbocycles. The van der Waals surface area contributed by atoms with E-state index >= 15 is 0 Å². The Labute approximate surface area is 190 Å². The molecule has 1 heterocycles. The number of nitrogens with one attached hydrogen (secondary N) is 2. The Morgan fingerprint density at radius 2 is 1.76 bits per heavy atom. The van der Waals surface area contributed by atoms with Gasteiger partial charge in [0.1, 0.15) is 5.82 Å². The Morgan fingerprint density at radius 1 is 1.00 bits per heavy atom. The van der Waals surface area contributed by atoms with Crippen molar-refractivity contribution in [3.63, 3.8) is 0 Å². The topological polar surface area (TPSA) is 54.2 Å². The zero-order chi connectivity index (χ0) is 19.8. The van der Waals surface area contributed by atoms with Gasteiger partial charge in [0.05, 0.1) is 6.54 Å². The van der Waals surface area contributed by atoms with Crippen molar-refractivity contribution in [1.29, 1.82) is 0 Å². The van der Waals surface area contributed by atoms with Crippen molar-refractivity contribution in [3.05, 3.63) is 89.0 Å². The molecule has 0 aliphatic rings. The number of halogens is 1. The number of benzene rings is 2. The molecule has 3 rings (SSSR count). The van der Waals surface area contributed by atoms with E-state index in [2.05, 4.69) is 82.6 Å². The maximum absolute atomic E-state index is 4.72. The summed E-state index contributed by atoms with van der Waals surface area (Å²) in [6.45, 7) is 9.28. The number of nitrogens with zero attached hydrogens (tertiary/aromatic N) is 3. The minimum atomic E-state index is 0. The summed E-state index contributed by atoms with van der Waals surface area (Å²) in [5, 5.41) is 6.76. The fourth-order valence-electron chi connectivity index (χ4n) is 3.11. The lowest BCUT2D eigenvalue weighted by Crippen LogP contribution is -2.36. The van der Waals surface area contributed by atoms with Gasteiger partial charge in [0.25, 0.3) is 0 Å². The lowest BCUT2D eigenvalue weighted by Gasteiger charge is -2.13. The third-order valence-electron chi connectivity index (χ3n) is 4.57. The van der Waals surface area contributed by atoms with Gasteiger partial charge in [-0.05, 0) is 37.5 Å². The summed E-state index contributed by atoms with van der Waals surface area (Å²) >= 11 is 0. The van der Waals surface area contributed by atoms with E-state index in [-0.39, 0.29) is 24.0 Å². The summed E-state index contributed by atoms with van der Waals surface area (Å²) in [5.74, 6) is 1.86. The number of aromatic nitrogens is 2. The zero-order valence-corrected chi connectivity index (χ0v) is 19.7. The zero-order valence-electron chi connectivity index (χ0n) is 17.4. The smallest absolute Gasteiger partial charge is 0.191 e. The predicted molar refractivity (Wildman–Crippen MR) is 131 cm³/mol. The van der Waals surface area contributed by atoms with Gasteiger partial charge in [-0.3, -0.25) is 0 Å².